The molecule has 2 heterocycles. The van der Waals surface area contributed by atoms with Gasteiger partial charge in [0.05, 0.1) is 12.1 Å². The third-order valence-corrected chi connectivity index (χ3v) is 5.27. The SMILES string of the molecule is N#CC1(Sc2nc3n(n2)C(c2ccccc2)CC3F)CC1. The van der Waals surface area contributed by atoms with Gasteiger partial charge < -0.3 is 0 Å². The van der Waals surface area contributed by atoms with Gasteiger partial charge in [0.2, 0.25) is 5.16 Å². The zero-order valence-electron chi connectivity index (χ0n) is 11.2. The minimum atomic E-state index is -1.09. The molecular formula is C15H13FN4S. The summed E-state index contributed by atoms with van der Waals surface area (Å²) in [4.78, 5) is 4.31. The van der Waals surface area contributed by atoms with Crippen molar-refractivity contribution in [2.24, 2.45) is 0 Å². The molecule has 2 aromatic rings. The summed E-state index contributed by atoms with van der Waals surface area (Å²) < 4.78 is 15.5. The normalized spacial score (nSPS) is 25.3. The molecule has 4 rings (SSSR count). The number of halogens is 1. The molecule has 0 spiro atoms. The van der Waals surface area contributed by atoms with Crippen molar-refractivity contribution in [3.8, 4) is 6.07 Å². The molecule has 2 aliphatic rings. The van der Waals surface area contributed by atoms with Gasteiger partial charge in [0.15, 0.2) is 12.0 Å². The van der Waals surface area contributed by atoms with E-state index in [0.29, 0.717) is 17.4 Å². The molecule has 0 amide bonds. The van der Waals surface area contributed by atoms with Crippen LogP contribution in [0.3, 0.4) is 0 Å². The van der Waals surface area contributed by atoms with Gasteiger partial charge in [0, 0.05) is 6.42 Å². The van der Waals surface area contributed by atoms with Crippen LogP contribution in [0.4, 0.5) is 4.39 Å². The monoisotopic (exact) mass is 300 g/mol. The molecule has 1 saturated carbocycles. The van der Waals surface area contributed by atoms with Crippen LogP contribution < -0.4 is 0 Å². The van der Waals surface area contributed by atoms with Crippen LogP contribution in [0.15, 0.2) is 35.5 Å². The van der Waals surface area contributed by atoms with E-state index in [4.69, 9.17) is 5.26 Å². The Morgan fingerprint density at radius 3 is 2.76 bits per heavy atom. The molecule has 0 saturated heterocycles. The average molecular weight is 300 g/mol. The second-order valence-corrected chi connectivity index (χ2v) is 6.89. The minimum Gasteiger partial charge on any atom is -0.239 e. The van der Waals surface area contributed by atoms with Crippen LogP contribution in [0.1, 0.15) is 42.9 Å². The lowest BCUT2D eigenvalue weighted by Gasteiger charge is -2.11. The van der Waals surface area contributed by atoms with Gasteiger partial charge in [-0.3, -0.25) is 0 Å². The molecular weight excluding hydrogens is 287 g/mol. The average Bonchev–Trinajstić information content (AvgIpc) is 3.05. The number of nitrogens with zero attached hydrogens (tertiary/aromatic N) is 4. The fraction of sp³-hybridized carbons (Fsp3) is 0.400. The molecule has 0 bridgehead atoms. The number of benzene rings is 1. The first kappa shape index (κ1) is 12.8. The Kier molecular flexibility index (Phi) is 2.79. The lowest BCUT2D eigenvalue weighted by Crippen LogP contribution is -2.07. The van der Waals surface area contributed by atoms with E-state index in [1.165, 1.54) is 11.8 Å². The van der Waals surface area contributed by atoms with E-state index >= 15 is 0 Å². The molecule has 2 unspecified atom stereocenters. The Hall–Kier alpha value is -1.87. The first-order valence-electron chi connectivity index (χ1n) is 6.96. The highest BCUT2D eigenvalue weighted by Crippen LogP contribution is 2.51. The van der Waals surface area contributed by atoms with E-state index in [-0.39, 0.29) is 10.8 Å². The quantitative estimate of drug-likeness (QED) is 0.871. The zero-order valence-corrected chi connectivity index (χ0v) is 12.1. The lowest BCUT2D eigenvalue weighted by molar-refractivity contribution is 0.327. The van der Waals surface area contributed by atoms with E-state index in [1.54, 1.807) is 4.68 Å². The molecule has 1 fully saturated rings. The van der Waals surface area contributed by atoms with Gasteiger partial charge in [-0.05, 0) is 18.4 Å². The smallest absolute Gasteiger partial charge is 0.210 e. The number of hydrogen-bond donors (Lipinski definition) is 0. The number of rotatable bonds is 3. The van der Waals surface area contributed by atoms with E-state index in [9.17, 15) is 4.39 Å². The van der Waals surface area contributed by atoms with Crippen molar-refractivity contribution in [1.82, 2.24) is 14.8 Å². The third-order valence-electron chi connectivity index (χ3n) is 4.02. The maximum absolute atomic E-state index is 14.2. The van der Waals surface area contributed by atoms with E-state index in [1.807, 2.05) is 30.3 Å². The largest absolute Gasteiger partial charge is 0.239 e. The maximum Gasteiger partial charge on any atom is 0.210 e. The van der Waals surface area contributed by atoms with Crippen LogP contribution in [-0.2, 0) is 0 Å². The van der Waals surface area contributed by atoms with Gasteiger partial charge in [0.1, 0.15) is 4.75 Å². The number of alkyl halides is 1. The first-order valence-corrected chi connectivity index (χ1v) is 7.78. The number of thioether (sulfide) groups is 1. The van der Waals surface area contributed by atoms with Crippen molar-refractivity contribution in [2.45, 2.75) is 41.4 Å². The molecule has 6 heteroatoms. The van der Waals surface area contributed by atoms with Crippen LogP contribution in [0, 0.1) is 11.3 Å². The van der Waals surface area contributed by atoms with Crippen LogP contribution in [-0.4, -0.2) is 19.5 Å². The Morgan fingerprint density at radius 2 is 2.10 bits per heavy atom. The molecule has 21 heavy (non-hydrogen) atoms. The predicted octanol–water partition coefficient (Wildman–Crippen LogP) is 3.43. The number of hydrogen-bond acceptors (Lipinski definition) is 4. The summed E-state index contributed by atoms with van der Waals surface area (Å²) in [6.07, 6.45) is 1.01. The fourth-order valence-electron chi connectivity index (χ4n) is 2.68. The van der Waals surface area contributed by atoms with Crippen molar-refractivity contribution < 1.29 is 4.39 Å². The summed E-state index contributed by atoms with van der Waals surface area (Å²) in [5.41, 5.74) is 1.04. The number of nitriles is 1. The number of aromatic nitrogens is 3. The molecule has 0 radical (unpaired) electrons. The highest BCUT2D eigenvalue weighted by molar-refractivity contribution is 8.01. The first-order chi connectivity index (χ1) is 10.2. The van der Waals surface area contributed by atoms with Gasteiger partial charge in [-0.2, -0.15) is 5.26 Å². The molecule has 106 valence electrons. The lowest BCUT2D eigenvalue weighted by atomic mass is 10.0. The van der Waals surface area contributed by atoms with Crippen LogP contribution in [0.25, 0.3) is 0 Å². The van der Waals surface area contributed by atoms with Crippen molar-refractivity contribution in [3.63, 3.8) is 0 Å². The van der Waals surface area contributed by atoms with Crippen molar-refractivity contribution in [3.05, 3.63) is 41.7 Å². The Balaban J connectivity index is 1.67. The molecule has 4 nitrogen and oxygen atoms in total. The molecule has 2 atom stereocenters. The topological polar surface area (TPSA) is 54.5 Å². The predicted molar refractivity (Wildman–Crippen MR) is 76.5 cm³/mol. The van der Waals surface area contributed by atoms with Gasteiger partial charge in [-0.15, -0.1) is 5.10 Å². The van der Waals surface area contributed by atoms with Crippen LogP contribution in [0.5, 0.6) is 0 Å². The van der Waals surface area contributed by atoms with Gasteiger partial charge in [0.25, 0.3) is 0 Å². The fourth-order valence-corrected chi connectivity index (χ4v) is 3.65. The van der Waals surface area contributed by atoms with Gasteiger partial charge >= 0.3 is 0 Å². The second-order valence-electron chi connectivity index (χ2n) is 5.54. The maximum atomic E-state index is 14.2. The van der Waals surface area contributed by atoms with Crippen molar-refractivity contribution in [2.75, 3.05) is 0 Å². The molecule has 1 aliphatic carbocycles. The summed E-state index contributed by atoms with van der Waals surface area (Å²) in [5, 5.41) is 14.1. The number of fused-ring (bicyclic) bond motifs is 1. The molecule has 1 aliphatic heterocycles. The third kappa shape index (κ3) is 2.12. The van der Waals surface area contributed by atoms with Crippen LogP contribution >= 0.6 is 11.8 Å². The summed E-state index contributed by atoms with van der Waals surface area (Å²) in [6, 6.07) is 12.0. The summed E-state index contributed by atoms with van der Waals surface area (Å²) in [7, 11) is 0. The highest BCUT2D eigenvalue weighted by Gasteiger charge is 2.46. The zero-order chi connectivity index (χ0) is 14.4. The van der Waals surface area contributed by atoms with E-state index < -0.39 is 6.17 Å². The van der Waals surface area contributed by atoms with Crippen molar-refractivity contribution >= 4 is 11.8 Å². The van der Waals surface area contributed by atoms with E-state index in [2.05, 4.69) is 16.2 Å². The summed E-state index contributed by atoms with van der Waals surface area (Å²) in [5.74, 6) is 0.389. The Morgan fingerprint density at radius 1 is 1.33 bits per heavy atom. The minimum absolute atomic E-state index is 0.102. The van der Waals surface area contributed by atoms with Gasteiger partial charge in [-0.25, -0.2) is 14.1 Å². The van der Waals surface area contributed by atoms with Gasteiger partial charge in [-0.1, -0.05) is 42.1 Å². The Bertz CT molecular complexity index is 717. The highest BCUT2D eigenvalue weighted by atomic mass is 32.2. The Labute approximate surface area is 126 Å². The van der Waals surface area contributed by atoms with Crippen LogP contribution in [0.2, 0.25) is 0 Å². The second kappa shape index (κ2) is 4.57. The summed E-state index contributed by atoms with van der Waals surface area (Å²) in [6.45, 7) is 0. The summed E-state index contributed by atoms with van der Waals surface area (Å²) >= 11 is 1.37. The molecule has 0 N–H and O–H groups in total. The molecule has 1 aromatic carbocycles. The standard InChI is InChI=1S/C15H13FN4S/c16-11-8-12(10-4-2-1-3-5-10)20-13(11)18-14(19-20)21-15(9-17)6-7-15/h1-5,11-12H,6-8H2. The van der Waals surface area contributed by atoms with Crippen molar-refractivity contribution in [1.29, 1.82) is 5.26 Å². The van der Waals surface area contributed by atoms with E-state index in [0.717, 1.165) is 18.4 Å². The molecule has 1 aromatic heterocycles.